The molecule has 0 aliphatic heterocycles. The van der Waals surface area contributed by atoms with Gasteiger partial charge in [-0.15, -0.1) is 0 Å². The monoisotopic (exact) mass is 206 g/mol. The minimum Gasteiger partial charge on any atom is -0.481 e. The van der Waals surface area contributed by atoms with Gasteiger partial charge in [-0.1, -0.05) is 6.92 Å². The highest BCUT2D eigenvalue weighted by Gasteiger charge is 2.09. The first kappa shape index (κ1) is 11.0. The summed E-state index contributed by atoms with van der Waals surface area (Å²) in [6.07, 6.45) is 1.55. The topological polar surface area (TPSA) is 72.2 Å². The van der Waals surface area contributed by atoms with E-state index in [2.05, 4.69) is 4.98 Å². The van der Waals surface area contributed by atoms with Crippen molar-refractivity contribution in [3.8, 4) is 17.7 Å². The highest BCUT2D eigenvalue weighted by atomic mass is 16.5. The molecule has 5 heteroatoms. The van der Waals surface area contributed by atoms with Crippen molar-refractivity contribution < 1.29 is 14.3 Å². The SMILES string of the molecule is CCC(=O)Oc1cc(OC)ncc1C#N. The lowest BCUT2D eigenvalue weighted by atomic mass is 10.3. The lowest BCUT2D eigenvalue weighted by Crippen LogP contribution is -2.07. The molecule has 1 aromatic rings. The predicted octanol–water partition coefficient (Wildman–Crippen LogP) is 1.28. The lowest BCUT2D eigenvalue weighted by Gasteiger charge is -2.05. The number of nitrogens with zero attached hydrogens (tertiary/aromatic N) is 2. The van der Waals surface area contributed by atoms with Gasteiger partial charge in [0.15, 0.2) is 5.75 Å². The highest BCUT2D eigenvalue weighted by molar-refractivity contribution is 5.72. The zero-order valence-electron chi connectivity index (χ0n) is 8.48. The molecule has 0 radical (unpaired) electrons. The molecule has 1 heterocycles. The standard InChI is InChI=1S/C10H10N2O3/c1-3-10(13)15-8-4-9(14-2)12-6-7(8)5-11/h4,6H,3H2,1-2H3. The van der Waals surface area contributed by atoms with Crippen LogP contribution >= 0.6 is 0 Å². The fourth-order valence-corrected chi connectivity index (χ4v) is 0.894. The molecule has 0 spiro atoms. The van der Waals surface area contributed by atoms with Gasteiger partial charge in [0.1, 0.15) is 11.6 Å². The van der Waals surface area contributed by atoms with Crippen molar-refractivity contribution in [2.45, 2.75) is 13.3 Å². The minimum atomic E-state index is -0.403. The lowest BCUT2D eigenvalue weighted by molar-refractivity contribution is -0.134. The summed E-state index contributed by atoms with van der Waals surface area (Å²) >= 11 is 0. The summed E-state index contributed by atoms with van der Waals surface area (Å²) in [5, 5.41) is 8.75. The van der Waals surface area contributed by atoms with Crippen LogP contribution in [0, 0.1) is 11.3 Å². The zero-order chi connectivity index (χ0) is 11.3. The average Bonchev–Trinajstić information content (AvgIpc) is 2.28. The van der Waals surface area contributed by atoms with E-state index in [1.54, 1.807) is 6.92 Å². The summed E-state index contributed by atoms with van der Waals surface area (Å²) in [5.74, 6) is 0.0730. The molecule has 78 valence electrons. The van der Waals surface area contributed by atoms with E-state index in [4.69, 9.17) is 14.7 Å². The van der Waals surface area contributed by atoms with E-state index in [1.165, 1.54) is 19.4 Å². The van der Waals surface area contributed by atoms with Crippen molar-refractivity contribution in [3.63, 3.8) is 0 Å². The molecule has 0 aliphatic rings. The Balaban J connectivity index is 3.02. The molecule has 15 heavy (non-hydrogen) atoms. The molecule has 0 fully saturated rings. The van der Waals surface area contributed by atoms with Crippen LogP contribution in [0.3, 0.4) is 0 Å². The van der Waals surface area contributed by atoms with Crippen molar-refractivity contribution in [1.29, 1.82) is 5.26 Å². The van der Waals surface area contributed by atoms with Crippen LogP contribution in [0.1, 0.15) is 18.9 Å². The molecule has 0 saturated carbocycles. The van der Waals surface area contributed by atoms with E-state index in [0.717, 1.165) is 0 Å². The summed E-state index contributed by atoms with van der Waals surface area (Å²) in [6.45, 7) is 1.67. The average molecular weight is 206 g/mol. The van der Waals surface area contributed by atoms with Crippen LogP contribution in [0.4, 0.5) is 0 Å². The predicted molar refractivity (Wildman–Crippen MR) is 51.4 cm³/mol. The van der Waals surface area contributed by atoms with Gasteiger partial charge >= 0.3 is 5.97 Å². The number of esters is 1. The normalized spacial score (nSPS) is 9.13. The molecule has 0 bridgehead atoms. The van der Waals surface area contributed by atoms with Crippen molar-refractivity contribution in [1.82, 2.24) is 4.98 Å². The van der Waals surface area contributed by atoms with Crippen molar-refractivity contribution in [2.75, 3.05) is 7.11 Å². The Morgan fingerprint density at radius 1 is 1.67 bits per heavy atom. The fourth-order valence-electron chi connectivity index (χ4n) is 0.894. The maximum absolute atomic E-state index is 11.1. The van der Waals surface area contributed by atoms with E-state index in [0.29, 0.717) is 5.88 Å². The Labute approximate surface area is 87.3 Å². The molecular formula is C10H10N2O3. The summed E-state index contributed by atoms with van der Waals surface area (Å²) < 4.78 is 9.80. The molecular weight excluding hydrogens is 196 g/mol. The summed E-state index contributed by atoms with van der Waals surface area (Å²) in [6, 6.07) is 3.29. The van der Waals surface area contributed by atoms with Crippen LogP contribution in [0.25, 0.3) is 0 Å². The first-order valence-corrected chi connectivity index (χ1v) is 4.36. The molecule has 1 aromatic heterocycles. The second-order valence-electron chi connectivity index (χ2n) is 2.66. The molecule has 0 N–H and O–H groups in total. The zero-order valence-corrected chi connectivity index (χ0v) is 8.48. The Morgan fingerprint density at radius 3 is 2.93 bits per heavy atom. The smallest absolute Gasteiger partial charge is 0.310 e. The van der Waals surface area contributed by atoms with Gasteiger partial charge in [-0.25, -0.2) is 4.98 Å². The molecule has 5 nitrogen and oxygen atoms in total. The summed E-state index contributed by atoms with van der Waals surface area (Å²) in [4.78, 5) is 14.9. The van der Waals surface area contributed by atoms with Crippen LogP contribution in [0.2, 0.25) is 0 Å². The first-order valence-electron chi connectivity index (χ1n) is 4.36. The first-order chi connectivity index (χ1) is 7.21. The highest BCUT2D eigenvalue weighted by Crippen LogP contribution is 2.21. The fraction of sp³-hybridized carbons (Fsp3) is 0.300. The number of carbonyl (C=O) groups is 1. The quantitative estimate of drug-likeness (QED) is 0.696. The van der Waals surface area contributed by atoms with Gasteiger partial charge in [0.05, 0.1) is 13.3 Å². The minimum absolute atomic E-state index is 0.177. The van der Waals surface area contributed by atoms with Gasteiger partial charge in [-0.05, 0) is 0 Å². The number of hydrogen-bond donors (Lipinski definition) is 0. The molecule has 0 aromatic carbocycles. The Hall–Kier alpha value is -2.09. The van der Waals surface area contributed by atoms with E-state index in [-0.39, 0.29) is 17.7 Å². The van der Waals surface area contributed by atoms with Gasteiger partial charge in [0, 0.05) is 12.5 Å². The van der Waals surface area contributed by atoms with Gasteiger partial charge in [-0.3, -0.25) is 4.79 Å². The van der Waals surface area contributed by atoms with Crippen LogP contribution < -0.4 is 9.47 Å². The Bertz CT molecular complexity index is 410. The number of hydrogen-bond acceptors (Lipinski definition) is 5. The Morgan fingerprint density at radius 2 is 2.40 bits per heavy atom. The van der Waals surface area contributed by atoms with Crippen molar-refractivity contribution >= 4 is 5.97 Å². The number of carbonyl (C=O) groups excluding carboxylic acids is 1. The number of ether oxygens (including phenoxy) is 2. The largest absolute Gasteiger partial charge is 0.481 e. The summed E-state index contributed by atoms with van der Waals surface area (Å²) in [5.41, 5.74) is 0.206. The maximum Gasteiger partial charge on any atom is 0.310 e. The van der Waals surface area contributed by atoms with Crippen LogP contribution in [-0.2, 0) is 4.79 Å². The number of methoxy groups -OCH3 is 1. The maximum atomic E-state index is 11.1. The molecule has 0 amide bonds. The van der Waals surface area contributed by atoms with Crippen molar-refractivity contribution in [3.05, 3.63) is 17.8 Å². The van der Waals surface area contributed by atoms with Crippen molar-refractivity contribution in [2.24, 2.45) is 0 Å². The van der Waals surface area contributed by atoms with Gasteiger partial charge in [0.25, 0.3) is 0 Å². The second kappa shape index (κ2) is 4.96. The number of pyridine rings is 1. The number of aromatic nitrogens is 1. The van der Waals surface area contributed by atoms with E-state index in [1.807, 2.05) is 6.07 Å². The van der Waals surface area contributed by atoms with Crippen LogP contribution in [-0.4, -0.2) is 18.1 Å². The Kier molecular flexibility index (Phi) is 3.63. The third kappa shape index (κ3) is 2.68. The number of rotatable bonds is 3. The summed E-state index contributed by atoms with van der Waals surface area (Å²) in [7, 11) is 1.44. The number of nitriles is 1. The van der Waals surface area contributed by atoms with Crippen LogP contribution in [0.15, 0.2) is 12.3 Å². The molecule has 0 saturated heterocycles. The second-order valence-corrected chi connectivity index (χ2v) is 2.66. The van der Waals surface area contributed by atoms with E-state index < -0.39 is 5.97 Å². The molecule has 1 rings (SSSR count). The van der Waals surface area contributed by atoms with Crippen LogP contribution in [0.5, 0.6) is 11.6 Å². The van der Waals surface area contributed by atoms with Gasteiger partial charge < -0.3 is 9.47 Å². The molecule has 0 unspecified atom stereocenters. The third-order valence-electron chi connectivity index (χ3n) is 1.68. The van der Waals surface area contributed by atoms with E-state index in [9.17, 15) is 4.79 Å². The van der Waals surface area contributed by atoms with Gasteiger partial charge in [0.2, 0.25) is 5.88 Å². The third-order valence-corrected chi connectivity index (χ3v) is 1.68. The van der Waals surface area contributed by atoms with Gasteiger partial charge in [-0.2, -0.15) is 5.26 Å². The molecule has 0 atom stereocenters. The molecule has 0 aliphatic carbocycles. The van der Waals surface area contributed by atoms with E-state index >= 15 is 0 Å².